The Bertz CT molecular complexity index is 427. The van der Waals surface area contributed by atoms with Crippen LogP contribution in [0.15, 0.2) is 6.20 Å². The number of carbonyl (C=O) groups is 1. The SMILES string of the molecule is CCCNC1CCN(Cc2cnn(C)c2C)C1=O. The molecule has 5 heteroatoms. The topological polar surface area (TPSA) is 50.2 Å². The van der Waals surface area contributed by atoms with E-state index in [1.54, 1.807) is 0 Å². The van der Waals surface area contributed by atoms with Crippen molar-refractivity contribution in [3.05, 3.63) is 17.5 Å². The highest BCUT2D eigenvalue weighted by atomic mass is 16.2. The van der Waals surface area contributed by atoms with E-state index in [1.807, 2.05) is 29.7 Å². The smallest absolute Gasteiger partial charge is 0.240 e. The van der Waals surface area contributed by atoms with Crippen LogP contribution in [0.1, 0.15) is 31.0 Å². The minimum absolute atomic E-state index is 0.0157. The molecule has 1 N–H and O–H groups in total. The zero-order valence-electron chi connectivity index (χ0n) is 11.4. The highest BCUT2D eigenvalue weighted by Gasteiger charge is 2.31. The van der Waals surface area contributed by atoms with Crippen molar-refractivity contribution in [1.29, 1.82) is 0 Å². The van der Waals surface area contributed by atoms with Gasteiger partial charge in [0.2, 0.25) is 5.91 Å². The van der Waals surface area contributed by atoms with Gasteiger partial charge in [0.15, 0.2) is 0 Å². The molecule has 1 amide bonds. The number of likely N-dealkylation sites (tertiary alicyclic amines) is 1. The molecule has 1 aromatic heterocycles. The molecule has 0 bridgehead atoms. The van der Waals surface area contributed by atoms with Gasteiger partial charge in [0.05, 0.1) is 12.2 Å². The van der Waals surface area contributed by atoms with Gasteiger partial charge in [0.25, 0.3) is 0 Å². The largest absolute Gasteiger partial charge is 0.337 e. The Balaban J connectivity index is 1.95. The summed E-state index contributed by atoms with van der Waals surface area (Å²) >= 11 is 0. The highest BCUT2D eigenvalue weighted by molar-refractivity contribution is 5.83. The van der Waals surface area contributed by atoms with Gasteiger partial charge in [-0.1, -0.05) is 6.92 Å². The first-order valence-corrected chi connectivity index (χ1v) is 6.63. The first-order chi connectivity index (χ1) is 8.63. The zero-order chi connectivity index (χ0) is 13.1. The number of nitrogens with one attached hydrogen (secondary N) is 1. The van der Waals surface area contributed by atoms with Crippen molar-refractivity contribution in [3.8, 4) is 0 Å². The summed E-state index contributed by atoms with van der Waals surface area (Å²) in [4.78, 5) is 14.1. The van der Waals surface area contributed by atoms with Gasteiger partial charge in [-0.3, -0.25) is 9.48 Å². The summed E-state index contributed by atoms with van der Waals surface area (Å²) in [6.07, 6.45) is 3.83. The number of hydrogen-bond acceptors (Lipinski definition) is 3. The molecule has 0 saturated carbocycles. The first-order valence-electron chi connectivity index (χ1n) is 6.63. The Morgan fingerprint density at radius 3 is 2.94 bits per heavy atom. The summed E-state index contributed by atoms with van der Waals surface area (Å²) in [5.41, 5.74) is 2.27. The van der Waals surface area contributed by atoms with Crippen LogP contribution in [0.3, 0.4) is 0 Å². The van der Waals surface area contributed by atoms with Crippen molar-refractivity contribution in [3.63, 3.8) is 0 Å². The lowest BCUT2D eigenvalue weighted by atomic mass is 10.2. The molecule has 1 atom stereocenters. The van der Waals surface area contributed by atoms with Crippen LogP contribution in [0.5, 0.6) is 0 Å². The second-order valence-corrected chi connectivity index (χ2v) is 4.93. The molecular formula is C13H22N4O. The molecule has 0 aliphatic carbocycles. The number of aromatic nitrogens is 2. The Labute approximate surface area is 108 Å². The molecule has 1 aliphatic heterocycles. The number of amides is 1. The van der Waals surface area contributed by atoms with E-state index < -0.39 is 0 Å². The molecule has 0 spiro atoms. The molecule has 0 radical (unpaired) electrons. The molecule has 2 heterocycles. The van der Waals surface area contributed by atoms with Crippen molar-refractivity contribution in [1.82, 2.24) is 20.0 Å². The lowest BCUT2D eigenvalue weighted by molar-refractivity contribution is -0.129. The fourth-order valence-corrected chi connectivity index (χ4v) is 2.31. The van der Waals surface area contributed by atoms with E-state index in [0.717, 1.165) is 37.2 Å². The van der Waals surface area contributed by atoms with Crippen LogP contribution in [0, 0.1) is 6.92 Å². The summed E-state index contributed by atoms with van der Waals surface area (Å²) < 4.78 is 1.85. The first kappa shape index (κ1) is 13.1. The van der Waals surface area contributed by atoms with E-state index >= 15 is 0 Å². The fraction of sp³-hybridized carbons (Fsp3) is 0.692. The van der Waals surface area contributed by atoms with Crippen LogP contribution < -0.4 is 5.32 Å². The van der Waals surface area contributed by atoms with E-state index in [0.29, 0.717) is 6.54 Å². The van der Waals surface area contributed by atoms with Gasteiger partial charge in [-0.05, 0) is 26.3 Å². The maximum atomic E-state index is 12.2. The zero-order valence-corrected chi connectivity index (χ0v) is 11.4. The van der Waals surface area contributed by atoms with Crippen LogP contribution >= 0.6 is 0 Å². The summed E-state index contributed by atoms with van der Waals surface area (Å²) in [6.45, 7) is 6.59. The van der Waals surface area contributed by atoms with Gasteiger partial charge >= 0.3 is 0 Å². The Morgan fingerprint density at radius 1 is 1.56 bits per heavy atom. The van der Waals surface area contributed by atoms with Gasteiger partial charge < -0.3 is 10.2 Å². The standard InChI is InChI=1S/C13H22N4O/c1-4-6-14-12-5-7-17(13(12)18)9-11-8-15-16(3)10(11)2/h8,12,14H,4-7,9H2,1-3H3. The summed E-state index contributed by atoms with van der Waals surface area (Å²) in [6, 6.07) is 0.0157. The molecule has 1 saturated heterocycles. The van der Waals surface area contributed by atoms with Crippen molar-refractivity contribution in [2.45, 2.75) is 39.3 Å². The van der Waals surface area contributed by atoms with E-state index in [-0.39, 0.29) is 11.9 Å². The Hall–Kier alpha value is -1.36. The van der Waals surface area contributed by atoms with Crippen molar-refractivity contribution in [2.75, 3.05) is 13.1 Å². The molecule has 1 aromatic rings. The van der Waals surface area contributed by atoms with Crippen LogP contribution in [-0.2, 0) is 18.4 Å². The predicted octanol–water partition coefficient (Wildman–Crippen LogP) is 0.829. The number of hydrogen-bond donors (Lipinski definition) is 1. The fourth-order valence-electron chi connectivity index (χ4n) is 2.31. The van der Waals surface area contributed by atoms with Crippen molar-refractivity contribution >= 4 is 5.91 Å². The maximum absolute atomic E-state index is 12.2. The van der Waals surface area contributed by atoms with Crippen LogP contribution in [0.2, 0.25) is 0 Å². The lowest BCUT2D eigenvalue weighted by Gasteiger charge is -2.16. The third-order valence-corrected chi connectivity index (χ3v) is 3.64. The van der Waals surface area contributed by atoms with Crippen LogP contribution in [0.25, 0.3) is 0 Å². The molecule has 1 fully saturated rings. The molecular weight excluding hydrogens is 228 g/mol. The van der Waals surface area contributed by atoms with E-state index in [2.05, 4.69) is 17.3 Å². The maximum Gasteiger partial charge on any atom is 0.240 e. The average molecular weight is 250 g/mol. The lowest BCUT2D eigenvalue weighted by Crippen LogP contribution is -2.38. The quantitative estimate of drug-likeness (QED) is 0.842. The average Bonchev–Trinajstić information content (AvgIpc) is 2.86. The number of carbonyl (C=O) groups excluding carboxylic acids is 1. The van der Waals surface area contributed by atoms with Gasteiger partial charge in [0, 0.05) is 31.4 Å². The third kappa shape index (κ3) is 2.56. The molecule has 100 valence electrons. The highest BCUT2D eigenvalue weighted by Crippen LogP contribution is 2.16. The normalized spacial score (nSPS) is 19.8. The number of rotatable bonds is 5. The van der Waals surface area contributed by atoms with Gasteiger partial charge in [-0.25, -0.2) is 0 Å². The van der Waals surface area contributed by atoms with Gasteiger partial charge in [-0.15, -0.1) is 0 Å². The minimum atomic E-state index is 0.0157. The van der Waals surface area contributed by atoms with E-state index in [4.69, 9.17) is 0 Å². The third-order valence-electron chi connectivity index (χ3n) is 3.64. The molecule has 1 unspecified atom stereocenters. The summed E-state index contributed by atoms with van der Waals surface area (Å²) in [5, 5.41) is 7.52. The summed E-state index contributed by atoms with van der Waals surface area (Å²) in [7, 11) is 1.93. The van der Waals surface area contributed by atoms with Crippen molar-refractivity contribution in [2.24, 2.45) is 7.05 Å². The van der Waals surface area contributed by atoms with Crippen molar-refractivity contribution < 1.29 is 4.79 Å². The van der Waals surface area contributed by atoms with E-state index in [1.165, 1.54) is 0 Å². The predicted molar refractivity (Wildman–Crippen MR) is 70.1 cm³/mol. The van der Waals surface area contributed by atoms with Gasteiger partial charge in [0.1, 0.15) is 0 Å². The second kappa shape index (κ2) is 5.52. The van der Waals surface area contributed by atoms with Gasteiger partial charge in [-0.2, -0.15) is 5.10 Å². The van der Waals surface area contributed by atoms with Crippen LogP contribution in [0.4, 0.5) is 0 Å². The Kier molecular flexibility index (Phi) is 4.01. The minimum Gasteiger partial charge on any atom is -0.337 e. The molecule has 18 heavy (non-hydrogen) atoms. The summed E-state index contributed by atoms with van der Waals surface area (Å²) in [5.74, 6) is 0.228. The molecule has 0 aromatic carbocycles. The molecule has 1 aliphatic rings. The van der Waals surface area contributed by atoms with E-state index in [9.17, 15) is 4.79 Å². The molecule has 2 rings (SSSR count). The second-order valence-electron chi connectivity index (χ2n) is 4.93. The Morgan fingerprint density at radius 2 is 2.33 bits per heavy atom. The number of aryl methyl sites for hydroxylation is 1. The number of nitrogens with zero attached hydrogens (tertiary/aromatic N) is 3. The molecule has 5 nitrogen and oxygen atoms in total. The van der Waals surface area contributed by atoms with Crippen LogP contribution in [-0.4, -0.2) is 39.7 Å². The monoisotopic (exact) mass is 250 g/mol.